The first-order valence-electron chi connectivity index (χ1n) is 9.11. The van der Waals surface area contributed by atoms with E-state index >= 15 is 0 Å². The Morgan fingerprint density at radius 1 is 0.929 bits per heavy atom. The Hall–Kier alpha value is -3.54. The summed E-state index contributed by atoms with van der Waals surface area (Å²) in [5.74, 6) is 0.185. The summed E-state index contributed by atoms with van der Waals surface area (Å²) in [5.41, 5.74) is 1.40. The van der Waals surface area contributed by atoms with E-state index in [0.29, 0.717) is 29.1 Å². The predicted octanol–water partition coefficient (Wildman–Crippen LogP) is 3.57. The number of hydrogen-bond acceptors (Lipinski definition) is 3. The molecule has 28 heavy (non-hydrogen) atoms. The van der Waals surface area contributed by atoms with Crippen LogP contribution in [-0.2, 0) is 6.54 Å². The molecule has 2 aromatic carbocycles. The molecule has 2 amide bonds. The molecule has 0 aliphatic carbocycles. The second-order valence-corrected chi connectivity index (χ2v) is 6.26. The van der Waals surface area contributed by atoms with Crippen LogP contribution in [0.4, 0.5) is 5.69 Å². The molecule has 0 atom stereocenters. The molecule has 6 nitrogen and oxygen atoms in total. The van der Waals surface area contributed by atoms with Gasteiger partial charge in [0.05, 0.1) is 18.4 Å². The van der Waals surface area contributed by atoms with Crippen LogP contribution in [0.1, 0.15) is 27.1 Å². The number of carbonyl (C=O) groups excluding carboxylic acids is 2. The highest BCUT2D eigenvalue weighted by atomic mass is 16.5. The maximum Gasteiger partial charge on any atom is 0.255 e. The summed E-state index contributed by atoms with van der Waals surface area (Å²) in [6, 6.07) is 17.7. The van der Waals surface area contributed by atoms with Crippen LogP contribution in [0.2, 0.25) is 0 Å². The molecule has 0 fully saturated rings. The maximum atomic E-state index is 12.5. The Morgan fingerprint density at radius 3 is 2.36 bits per heavy atom. The Kier molecular flexibility index (Phi) is 6.46. The lowest BCUT2D eigenvalue weighted by atomic mass is 10.1. The van der Waals surface area contributed by atoms with Crippen molar-refractivity contribution in [2.24, 2.45) is 0 Å². The van der Waals surface area contributed by atoms with Crippen molar-refractivity contribution < 1.29 is 14.3 Å². The summed E-state index contributed by atoms with van der Waals surface area (Å²) >= 11 is 0. The number of hydrogen-bond donors (Lipinski definition) is 2. The van der Waals surface area contributed by atoms with Crippen LogP contribution in [0, 0.1) is 0 Å². The smallest absolute Gasteiger partial charge is 0.255 e. The maximum absolute atomic E-state index is 12.5. The number of carbonyl (C=O) groups is 2. The average molecular weight is 377 g/mol. The number of ether oxygens (including phenoxy) is 1. The Morgan fingerprint density at radius 2 is 1.64 bits per heavy atom. The summed E-state index contributed by atoms with van der Waals surface area (Å²) in [4.78, 5) is 25.0. The van der Waals surface area contributed by atoms with Crippen LogP contribution < -0.4 is 15.4 Å². The zero-order chi connectivity index (χ0) is 19.8. The zero-order valence-electron chi connectivity index (χ0n) is 15.7. The number of nitrogens with one attached hydrogen (secondary N) is 2. The van der Waals surface area contributed by atoms with Gasteiger partial charge in [0.2, 0.25) is 0 Å². The first kappa shape index (κ1) is 19.2. The fourth-order valence-corrected chi connectivity index (χ4v) is 2.81. The van der Waals surface area contributed by atoms with E-state index in [9.17, 15) is 9.59 Å². The first-order chi connectivity index (χ1) is 13.7. The zero-order valence-corrected chi connectivity index (χ0v) is 15.7. The first-order valence-corrected chi connectivity index (χ1v) is 9.11. The number of aromatic nitrogens is 1. The molecule has 0 saturated carbocycles. The number of para-hydroxylation sites is 1. The Bertz CT molecular complexity index is 918. The van der Waals surface area contributed by atoms with Crippen LogP contribution in [-0.4, -0.2) is 30.0 Å². The van der Waals surface area contributed by atoms with E-state index in [-0.39, 0.29) is 11.8 Å². The van der Waals surface area contributed by atoms with Crippen LogP contribution in [0.15, 0.2) is 73.1 Å². The van der Waals surface area contributed by atoms with Gasteiger partial charge < -0.3 is 19.9 Å². The van der Waals surface area contributed by atoms with Crippen LogP contribution in [0.5, 0.6) is 5.75 Å². The van der Waals surface area contributed by atoms with E-state index in [4.69, 9.17) is 4.74 Å². The summed E-state index contributed by atoms with van der Waals surface area (Å²) in [6.07, 6.45) is 4.80. The van der Waals surface area contributed by atoms with Crippen molar-refractivity contribution in [2.75, 3.05) is 19.0 Å². The fraction of sp³-hybridized carbons (Fsp3) is 0.182. The van der Waals surface area contributed by atoms with Gasteiger partial charge >= 0.3 is 0 Å². The molecule has 0 spiro atoms. The summed E-state index contributed by atoms with van der Waals surface area (Å²) in [7, 11) is 1.57. The largest absolute Gasteiger partial charge is 0.497 e. The lowest BCUT2D eigenvalue weighted by molar-refractivity contribution is 0.0953. The lowest BCUT2D eigenvalue weighted by Crippen LogP contribution is -2.26. The van der Waals surface area contributed by atoms with Gasteiger partial charge in [-0.1, -0.05) is 12.1 Å². The summed E-state index contributed by atoms with van der Waals surface area (Å²) < 4.78 is 7.17. The van der Waals surface area contributed by atoms with E-state index in [1.165, 1.54) is 0 Å². The minimum atomic E-state index is -0.282. The molecule has 0 aliphatic rings. The number of benzene rings is 2. The van der Waals surface area contributed by atoms with Crippen molar-refractivity contribution in [3.63, 3.8) is 0 Å². The number of rotatable bonds is 8. The fourth-order valence-electron chi connectivity index (χ4n) is 2.81. The van der Waals surface area contributed by atoms with E-state index in [0.717, 1.165) is 13.0 Å². The molecule has 0 bridgehead atoms. The highest BCUT2D eigenvalue weighted by molar-refractivity contribution is 6.09. The molecule has 1 aromatic heterocycles. The van der Waals surface area contributed by atoms with E-state index in [1.54, 1.807) is 55.6 Å². The van der Waals surface area contributed by atoms with Crippen molar-refractivity contribution in [2.45, 2.75) is 13.0 Å². The van der Waals surface area contributed by atoms with Gasteiger partial charge in [0.15, 0.2) is 0 Å². The summed E-state index contributed by atoms with van der Waals surface area (Å²) in [6.45, 7) is 1.39. The quantitative estimate of drug-likeness (QED) is 0.590. The molecule has 144 valence electrons. The van der Waals surface area contributed by atoms with Gasteiger partial charge in [-0.3, -0.25) is 9.59 Å². The highest BCUT2D eigenvalue weighted by Gasteiger charge is 2.14. The molecule has 3 rings (SSSR count). The molecular weight excluding hydrogens is 354 g/mol. The van der Waals surface area contributed by atoms with Crippen molar-refractivity contribution in [1.82, 2.24) is 9.88 Å². The number of nitrogens with zero attached hydrogens (tertiary/aromatic N) is 1. The normalized spacial score (nSPS) is 10.3. The van der Waals surface area contributed by atoms with Gasteiger partial charge in [-0.15, -0.1) is 0 Å². The molecule has 6 heteroatoms. The van der Waals surface area contributed by atoms with Crippen molar-refractivity contribution in [1.29, 1.82) is 0 Å². The third-order valence-corrected chi connectivity index (χ3v) is 4.32. The minimum Gasteiger partial charge on any atom is -0.497 e. The van der Waals surface area contributed by atoms with E-state index in [2.05, 4.69) is 15.2 Å². The topological polar surface area (TPSA) is 72.4 Å². The molecule has 0 saturated heterocycles. The standard InChI is InChI=1S/C22H23N3O3/c1-28-18-11-9-17(10-12-18)21(26)24-20-8-3-2-7-19(20)22(27)23-13-6-16-25-14-4-5-15-25/h2-5,7-12,14-15H,6,13,16H2,1H3,(H,23,27)(H,24,26). The monoisotopic (exact) mass is 377 g/mol. The van der Waals surface area contributed by atoms with Crippen molar-refractivity contribution in [3.05, 3.63) is 84.2 Å². The van der Waals surface area contributed by atoms with Crippen LogP contribution >= 0.6 is 0 Å². The SMILES string of the molecule is COc1ccc(C(=O)Nc2ccccc2C(=O)NCCCn2cccc2)cc1. The van der Waals surface area contributed by atoms with Crippen LogP contribution in [0.25, 0.3) is 0 Å². The van der Waals surface area contributed by atoms with Crippen LogP contribution in [0.3, 0.4) is 0 Å². The second-order valence-electron chi connectivity index (χ2n) is 6.26. The van der Waals surface area contributed by atoms with Crippen molar-refractivity contribution in [3.8, 4) is 5.75 Å². The molecule has 3 aromatic rings. The Labute approximate surface area is 164 Å². The Balaban J connectivity index is 1.59. The van der Waals surface area contributed by atoms with Crippen molar-refractivity contribution >= 4 is 17.5 Å². The molecule has 2 N–H and O–H groups in total. The third-order valence-electron chi connectivity index (χ3n) is 4.32. The highest BCUT2D eigenvalue weighted by Crippen LogP contribution is 2.17. The van der Waals surface area contributed by atoms with Gasteiger partial charge in [-0.2, -0.15) is 0 Å². The van der Waals surface area contributed by atoms with Gasteiger partial charge in [0.25, 0.3) is 11.8 Å². The molecular formula is C22H23N3O3. The number of anilines is 1. The van der Waals surface area contributed by atoms with E-state index in [1.807, 2.05) is 24.5 Å². The molecule has 0 unspecified atom stereocenters. The summed E-state index contributed by atoms with van der Waals surface area (Å²) in [5, 5.41) is 5.72. The lowest BCUT2D eigenvalue weighted by Gasteiger charge is -2.12. The van der Waals surface area contributed by atoms with Gasteiger partial charge in [0, 0.05) is 31.0 Å². The van der Waals surface area contributed by atoms with Gasteiger partial charge in [-0.05, 0) is 55.0 Å². The average Bonchev–Trinajstić information content (AvgIpc) is 3.25. The minimum absolute atomic E-state index is 0.210. The molecule has 0 aliphatic heterocycles. The number of aryl methyl sites for hydroxylation is 1. The van der Waals surface area contributed by atoms with Gasteiger partial charge in [-0.25, -0.2) is 0 Å². The van der Waals surface area contributed by atoms with Gasteiger partial charge in [0.1, 0.15) is 5.75 Å². The predicted molar refractivity (Wildman–Crippen MR) is 109 cm³/mol. The van der Waals surface area contributed by atoms with E-state index < -0.39 is 0 Å². The third kappa shape index (κ3) is 5.01. The number of amides is 2. The molecule has 1 heterocycles. The second kappa shape index (κ2) is 9.41. The number of methoxy groups -OCH3 is 1. The molecule has 0 radical (unpaired) electrons.